The van der Waals surface area contributed by atoms with Crippen LogP contribution in [0.2, 0.25) is 0 Å². The zero-order chi connectivity index (χ0) is 11.7. The molecule has 0 radical (unpaired) electrons. The van der Waals surface area contributed by atoms with E-state index in [0.29, 0.717) is 22.8 Å². The molecule has 0 bridgehead atoms. The molecule has 0 saturated carbocycles. The van der Waals surface area contributed by atoms with Gasteiger partial charge in [-0.25, -0.2) is 0 Å². The third kappa shape index (κ3) is 1.79. The van der Waals surface area contributed by atoms with Crippen LogP contribution in [-0.4, -0.2) is 15.7 Å². The normalized spacial score (nSPS) is 10.4. The first kappa shape index (κ1) is 10.7. The van der Waals surface area contributed by atoms with Crippen molar-refractivity contribution >= 4 is 28.7 Å². The van der Waals surface area contributed by atoms with Gasteiger partial charge in [0.15, 0.2) is 5.82 Å². The molecule has 0 aliphatic carbocycles. The minimum atomic E-state index is -0.170. The van der Waals surface area contributed by atoms with E-state index in [0.717, 1.165) is 0 Å². The number of nitrogens with zero attached hydrogens (tertiary/aromatic N) is 2. The molecule has 1 amide bonds. The topological polar surface area (TPSA) is 72.9 Å². The van der Waals surface area contributed by atoms with Crippen molar-refractivity contribution in [1.82, 2.24) is 9.78 Å². The lowest BCUT2D eigenvalue weighted by Crippen LogP contribution is -2.14. The minimum Gasteiger partial charge on any atom is -0.394 e. The molecule has 0 aliphatic heterocycles. The second-order valence-electron chi connectivity index (χ2n) is 3.44. The zero-order valence-corrected chi connectivity index (χ0v) is 9.84. The monoisotopic (exact) mass is 236 g/mol. The highest BCUT2D eigenvalue weighted by Crippen LogP contribution is 2.21. The van der Waals surface area contributed by atoms with Crippen LogP contribution in [0.1, 0.15) is 16.1 Å². The Morgan fingerprint density at radius 3 is 2.88 bits per heavy atom. The third-order valence-corrected chi connectivity index (χ3v) is 2.97. The van der Waals surface area contributed by atoms with Gasteiger partial charge in [0.25, 0.3) is 5.91 Å². The Hall–Kier alpha value is -1.82. The number of carbonyl (C=O) groups is 1. The number of amides is 1. The molecule has 3 N–H and O–H groups in total. The van der Waals surface area contributed by atoms with Crippen molar-refractivity contribution in [2.75, 3.05) is 11.1 Å². The van der Waals surface area contributed by atoms with Gasteiger partial charge in [0.05, 0.1) is 16.9 Å². The number of aryl methyl sites for hydroxylation is 2. The summed E-state index contributed by atoms with van der Waals surface area (Å²) in [5.74, 6) is 0.365. The van der Waals surface area contributed by atoms with Crippen LogP contribution in [0.5, 0.6) is 0 Å². The second-order valence-corrected chi connectivity index (χ2v) is 4.22. The van der Waals surface area contributed by atoms with Crippen LogP contribution < -0.4 is 11.1 Å². The first-order chi connectivity index (χ1) is 7.59. The molecule has 2 rings (SSSR count). The molecule has 0 spiro atoms. The quantitative estimate of drug-likeness (QED) is 0.832. The van der Waals surface area contributed by atoms with E-state index in [1.54, 1.807) is 30.1 Å². The highest BCUT2D eigenvalue weighted by atomic mass is 32.1. The summed E-state index contributed by atoms with van der Waals surface area (Å²) in [7, 11) is 1.74. The smallest absolute Gasteiger partial charge is 0.257 e. The molecule has 0 saturated heterocycles. The molecule has 5 nitrogen and oxygen atoms in total. The van der Waals surface area contributed by atoms with E-state index in [4.69, 9.17) is 5.73 Å². The minimum absolute atomic E-state index is 0.170. The van der Waals surface area contributed by atoms with Crippen molar-refractivity contribution in [3.8, 4) is 0 Å². The highest BCUT2D eigenvalue weighted by Gasteiger charge is 2.14. The molecule has 2 aromatic rings. The lowest BCUT2D eigenvalue weighted by molar-refractivity contribution is 0.102. The maximum Gasteiger partial charge on any atom is 0.257 e. The predicted molar refractivity (Wildman–Crippen MR) is 64.6 cm³/mol. The number of hydrogen-bond acceptors (Lipinski definition) is 4. The van der Waals surface area contributed by atoms with Gasteiger partial charge < -0.3 is 11.1 Å². The van der Waals surface area contributed by atoms with Gasteiger partial charge in [0, 0.05) is 12.4 Å². The molecule has 0 aliphatic rings. The Bertz CT molecular complexity index is 515. The summed E-state index contributed by atoms with van der Waals surface area (Å²) in [5.41, 5.74) is 7.65. The SMILES string of the molecule is Cc1nn(C)c(NC(=O)c2ccsc2)c1N. The van der Waals surface area contributed by atoms with Crippen molar-refractivity contribution in [2.24, 2.45) is 7.05 Å². The lowest BCUT2D eigenvalue weighted by Gasteiger charge is -2.04. The van der Waals surface area contributed by atoms with Crippen LogP contribution in [0.15, 0.2) is 16.8 Å². The largest absolute Gasteiger partial charge is 0.394 e. The van der Waals surface area contributed by atoms with Gasteiger partial charge in [-0.2, -0.15) is 16.4 Å². The van der Waals surface area contributed by atoms with Crippen LogP contribution in [0.4, 0.5) is 11.5 Å². The lowest BCUT2D eigenvalue weighted by atomic mass is 10.3. The molecular formula is C10H12N4OS. The highest BCUT2D eigenvalue weighted by molar-refractivity contribution is 7.08. The van der Waals surface area contributed by atoms with Crippen molar-refractivity contribution in [3.63, 3.8) is 0 Å². The van der Waals surface area contributed by atoms with Crippen LogP contribution in [0.3, 0.4) is 0 Å². The predicted octanol–water partition coefficient (Wildman–Crippen LogP) is 1.62. The summed E-state index contributed by atoms with van der Waals surface area (Å²) in [6.07, 6.45) is 0. The Morgan fingerprint density at radius 1 is 1.62 bits per heavy atom. The van der Waals surface area contributed by atoms with Gasteiger partial charge >= 0.3 is 0 Å². The van der Waals surface area contributed by atoms with E-state index >= 15 is 0 Å². The van der Waals surface area contributed by atoms with Crippen LogP contribution in [-0.2, 0) is 7.05 Å². The molecule has 0 fully saturated rings. The van der Waals surface area contributed by atoms with Gasteiger partial charge in [-0.3, -0.25) is 9.48 Å². The van der Waals surface area contributed by atoms with E-state index in [-0.39, 0.29) is 5.91 Å². The third-order valence-electron chi connectivity index (χ3n) is 2.28. The molecule has 2 heterocycles. The van der Waals surface area contributed by atoms with Gasteiger partial charge in [-0.1, -0.05) is 0 Å². The van der Waals surface area contributed by atoms with Crippen molar-refractivity contribution in [2.45, 2.75) is 6.92 Å². The number of nitrogens with two attached hydrogens (primary N) is 1. The fourth-order valence-electron chi connectivity index (χ4n) is 1.40. The fraction of sp³-hybridized carbons (Fsp3) is 0.200. The Labute approximate surface area is 96.9 Å². The summed E-state index contributed by atoms with van der Waals surface area (Å²) < 4.78 is 1.56. The maximum absolute atomic E-state index is 11.8. The van der Waals surface area contributed by atoms with Crippen molar-refractivity contribution in [3.05, 3.63) is 28.1 Å². The molecule has 2 aromatic heterocycles. The number of hydrogen-bond donors (Lipinski definition) is 2. The van der Waals surface area contributed by atoms with Crippen LogP contribution in [0.25, 0.3) is 0 Å². The number of anilines is 2. The molecule has 0 aromatic carbocycles. The molecule has 6 heteroatoms. The number of nitrogen functional groups attached to an aromatic ring is 1. The fourth-order valence-corrected chi connectivity index (χ4v) is 2.03. The van der Waals surface area contributed by atoms with Gasteiger partial charge in [0.1, 0.15) is 0 Å². The van der Waals surface area contributed by atoms with Crippen molar-refractivity contribution < 1.29 is 4.79 Å². The summed E-state index contributed by atoms with van der Waals surface area (Å²) in [4.78, 5) is 11.8. The first-order valence-electron chi connectivity index (χ1n) is 4.72. The van der Waals surface area contributed by atoms with E-state index in [9.17, 15) is 4.79 Å². The van der Waals surface area contributed by atoms with Gasteiger partial charge in [-0.05, 0) is 18.4 Å². The van der Waals surface area contributed by atoms with Gasteiger partial charge in [-0.15, -0.1) is 0 Å². The number of thiophene rings is 1. The van der Waals surface area contributed by atoms with Crippen LogP contribution in [0, 0.1) is 6.92 Å². The average Bonchev–Trinajstić information content (AvgIpc) is 2.83. The van der Waals surface area contributed by atoms with Crippen LogP contribution >= 0.6 is 11.3 Å². The Morgan fingerprint density at radius 2 is 2.38 bits per heavy atom. The van der Waals surface area contributed by atoms with E-state index in [1.165, 1.54) is 11.3 Å². The second kappa shape index (κ2) is 3.97. The molecular weight excluding hydrogens is 224 g/mol. The summed E-state index contributed by atoms with van der Waals surface area (Å²) in [6, 6.07) is 1.76. The average molecular weight is 236 g/mol. The first-order valence-corrected chi connectivity index (χ1v) is 5.66. The van der Waals surface area contributed by atoms with Gasteiger partial charge in [0.2, 0.25) is 0 Å². The Balaban J connectivity index is 2.25. The summed E-state index contributed by atoms with van der Waals surface area (Å²) in [5, 5.41) is 10.5. The number of aromatic nitrogens is 2. The number of rotatable bonds is 2. The standard InChI is InChI=1S/C10H12N4OS/c1-6-8(11)9(14(2)13-6)12-10(15)7-3-4-16-5-7/h3-5H,11H2,1-2H3,(H,12,15). The van der Waals surface area contributed by atoms with E-state index < -0.39 is 0 Å². The Kier molecular flexibility index (Phi) is 2.66. The van der Waals surface area contributed by atoms with Crippen molar-refractivity contribution in [1.29, 1.82) is 0 Å². The molecule has 84 valence electrons. The zero-order valence-electron chi connectivity index (χ0n) is 9.02. The summed E-state index contributed by atoms with van der Waals surface area (Å²) >= 11 is 1.48. The summed E-state index contributed by atoms with van der Waals surface area (Å²) in [6.45, 7) is 1.80. The molecule has 16 heavy (non-hydrogen) atoms. The molecule has 0 unspecified atom stereocenters. The van der Waals surface area contributed by atoms with E-state index in [1.807, 2.05) is 5.38 Å². The number of carbonyl (C=O) groups excluding carboxylic acids is 1. The maximum atomic E-state index is 11.8. The molecule has 0 atom stereocenters. The number of nitrogens with one attached hydrogen (secondary N) is 1. The van der Waals surface area contributed by atoms with E-state index in [2.05, 4.69) is 10.4 Å².